The Morgan fingerprint density at radius 3 is 1.24 bits per heavy atom. The number of hydrogen-bond acceptors (Lipinski definition) is 9. The molecule has 0 bridgehead atoms. The van der Waals surface area contributed by atoms with Crippen LogP contribution in [0.4, 0.5) is 11.9 Å². The molecule has 1 aromatic rings. The van der Waals surface area contributed by atoms with E-state index in [1.165, 1.54) is 51.4 Å². The van der Waals surface area contributed by atoms with E-state index in [4.69, 9.17) is 26.6 Å². The minimum Gasteiger partial charge on any atom is -0.292 e. The van der Waals surface area contributed by atoms with Crippen LogP contribution in [0.5, 0.6) is 0 Å². The van der Waals surface area contributed by atoms with Crippen molar-refractivity contribution in [2.75, 3.05) is 36.2 Å². The highest BCUT2D eigenvalue weighted by Gasteiger charge is 2.58. The third-order valence-electron chi connectivity index (χ3n) is 14.8. The SMILES string of the molecule is CC1C[N+](CN(c2nc(Cl)nc(N(C[N+]3(C4CCCCC4)CC(C)NC(C)(C)C3=O)C3CCCCC3)n2)C2CCCCC2)(C2CCCCC2)C(=O)C(C)(C)N1. The first-order valence-electron chi connectivity index (χ1n) is 22.6. The van der Waals surface area contributed by atoms with Gasteiger partial charge in [0.15, 0.2) is 13.3 Å². The highest BCUT2D eigenvalue weighted by atomic mass is 35.5. The van der Waals surface area contributed by atoms with E-state index in [-0.39, 0.29) is 53.3 Å². The first-order valence-corrected chi connectivity index (χ1v) is 23.0. The van der Waals surface area contributed by atoms with Gasteiger partial charge in [0.05, 0.1) is 24.2 Å². The highest BCUT2D eigenvalue weighted by molar-refractivity contribution is 6.28. The minimum absolute atomic E-state index is 0.199. The first kappa shape index (κ1) is 41.2. The Kier molecular flexibility index (Phi) is 12.6. The molecule has 4 aliphatic carbocycles. The molecule has 6 fully saturated rings. The number of rotatable bonds is 10. The zero-order valence-electron chi connectivity index (χ0n) is 35.3. The van der Waals surface area contributed by atoms with E-state index in [9.17, 15) is 9.59 Å². The van der Waals surface area contributed by atoms with Gasteiger partial charge in [-0.25, -0.2) is 18.6 Å². The molecule has 1 aromatic heterocycles. The van der Waals surface area contributed by atoms with Gasteiger partial charge in [-0.05, 0) is 130 Å². The summed E-state index contributed by atoms with van der Waals surface area (Å²) in [6.07, 6.45) is 22.8. The van der Waals surface area contributed by atoms with Crippen molar-refractivity contribution in [1.82, 2.24) is 25.6 Å². The van der Waals surface area contributed by atoms with Crippen LogP contribution in [-0.2, 0) is 9.59 Å². The molecule has 55 heavy (non-hydrogen) atoms. The van der Waals surface area contributed by atoms with E-state index in [0.717, 1.165) is 90.1 Å². The zero-order valence-corrected chi connectivity index (χ0v) is 36.0. The van der Waals surface area contributed by atoms with Crippen LogP contribution < -0.4 is 20.4 Å². The number of nitrogens with zero attached hydrogens (tertiary/aromatic N) is 7. The molecule has 0 spiro atoms. The molecule has 4 saturated carbocycles. The number of hydrogen-bond donors (Lipinski definition) is 2. The number of piperazine rings is 2. The summed E-state index contributed by atoms with van der Waals surface area (Å²) in [5.41, 5.74) is -1.27. The van der Waals surface area contributed by atoms with E-state index in [2.05, 4.69) is 62.0 Å². The summed E-state index contributed by atoms with van der Waals surface area (Å²) < 4.78 is 0.886. The molecule has 3 heterocycles. The smallest absolute Gasteiger partial charge is 0.292 e. The molecule has 0 radical (unpaired) electrons. The van der Waals surface area contributed by atoms with Gasteiger partial charge in [-0.15, -0.1) is 0 Å². The molecule has 0 aromatic carbocycles. The number of amides is 2. The van der Waals surface area contributed by atoms with Crippen LogP contribution in [0.1, 0.15) is 170 Å². The summed E-state index contributed by atoms with van der Waals surface area (Å²) in [6, 6.07) is 1.39. The topological polar surface area (TPSA) is 103 Å². The molecule has 4 unspecified atom stereocenters. The molecular weight excluding hydrogens is 710 g/mol. The number of nitrogens with one attached hydrogen (secondary N) is 2. The molecule has 12 heteroatoms. The van der Waals surface area contributed by atoms with E-state index in [1.54, 1.807) is 0 Å². The van der Waals surface area contributed by atoms with E-state index < -0.39 is 11.1 Å². The number of carbonyl (C=O) groups is 2. The molecule has 2 N–H and O–H groups in total. The quantitative estimate of drug-likeness (QED) is 0.232. The Balaban J connectivity index is 1.33. The number of halogens is 1. The minimum atomic E-state index is -0.634. The fraction of sp³-hybridized carbons (Fsp3) is 0.884. The van der Waals surface area contributed by atoms with Crippen molar-refractivity contribution < 1.29 is 18.6 Å². The molecule has 6 aliphatic rings. The van der Waals surface area contributed by atoms with Gasteiger partial charge in [0.25, 0.3) is 0 Å². The second kappa shape index (κ2) is 16.7. The second-order valence-electron chi connectivity index (χ2n) is 20.0. The summed E-state index contributed by atoms with van der Waals surface area (Å²) >= 11 is 7.08. The van der Waals surface area contributed by atoms with Crippen LogP contribution in [0.2, 0.25) is 5.28 Å². The van der Waals surface area contributed by atoms with Gasteiger partial charge in [0, 0.05) is 12.1 Å². The van der Waals surface area contributed by atoms with Gasteiger partial charge < -0.3 is 0 Å². The predicted octanol–water partition coefficient (Wildman–Crippen LogP) is 7.61. The fourth-order valence-corrected chi connectivity index (χ4v) is 12.7. The van der Waals surface area contributed by atoms with Gasteiger partial charge in [-0.2, -0.15) is 15.0 Å². The lowest BCUT2D eigenvalue weighted by atomic mass is 9.86. The molecule has 4 atom stereocenters. The number of quaternary nitrogens is 2. The Bertz CT molecular complexity index is 1390. The van der Waals surface area contributed by atoms with Gasteiger partial charge in [-0.1, -0.05) is 51.4 Å². The lowest BCUT2D eigenvalue weighted by Gasteiger charge is -2.54. The summed E-state index contributed by atoms with van der Waals surface area (Å²) in [4.78, 5) is 50.3. The number of aromatic nitrogens is 3. The summed E-state index contributed by atoms with van der Waals surface area (Å²) in [5.74, 6) is 1.79. The molecule has 2 aliphatic heterocycles. The Morgan fingerprint density at radius 1 is 0.564 bits per heavy atom. The van der Waals surface area contributed by atoms with Gasteiger partial charge >= 0.3 is 11.8 Å². The van der Waals surface area contributed by atoms with Gasteiger partial charge in [0.2, 0.25) is 17.2 Å². The highest BCUT2D eigenvalue weighted by Crippen LogP contribution is 2.40. The standard InChI is InChI=1S/C43H74ClN9O2/c1-31-27-52(35-23-15-9-16-24-35,37(54)42(3,4)48-31)29-50(33-19-11-7-12-20-33)40-45-39(44)46-41(47-40)51(34-21-13-8-14-22-34)30-53(36-25-17-10-18-26-36)28-32(2)49-43(5,6)38(53)55/h31-36,48-49H,7-30H2,1-6H3/q+2. The van der Waals surface area contributed by atoms with E-state index in [1.807, 2.05) is 0 Å². The zero-order chi connectivity index (χ0) is 39.0. The van der Waals surface area contributed by atoms with Gasteiger partial charge in [0.1, 0.15) is 24.2 Å². The molecule has 2 amide bonds. The maximum Gasteiger partial charge on any atom is 0.335 e. The average molecular weight is 785 g/mol. The van der Waals surface area contributed by atoms with Crippen molar-refractivity contribution in [2.45, 2.75) is 217 Å². The Morgan fingerprint density at radius 2 is 0.891 bits per heavy atom. The predicted molar refractivity (Wildman–Crippen MR) is 221 cm³/mol. The molecule has 7 rings (SSSR count). The maximum absolute atomic E-state index is 15.0. The van der Waals surface area contributed by atoms with Gasteiger partial charge in [-0.3, -0.25) is 20.4 Å². The second-order valence-corrected chi connectivity index (χ2v) is 20.3. The molecule has 308 valence electrons. The largest absolute Gasteiger partial charge is 0.335 e. The normalized spacial score (nSPS) is 33.1. The third-order valence-corrected chi connectivity index (χ3v) is 14.9. The van der Waals surface area contributed by atoms with Crippen LogP contribution in [0.25, 0.3) is 0 Å². The number of anilines is 2. The number of carbonyl (C=O) groups excluding carboxylic acids is 2. The fourth-order valence-electron chi connectivity index (χ4n) is 12.6. The molecule has 11 nitrogen and oxygen atoms in total. The lowest BCUT2D eigenvalue weighted by Crippen LogP contribution is -2.78. The van der Waals surface area contributed by atoms with Crippen molar-refractivity contribution in [3.63, 3.8) is 0 Å². The van der Waals surface area contributed by atoms with E-state index >= 15 is 0 Å². The van der Waals surface area contributed by atoms with Crippen LogP contribution in [0.3, 0.4) is 0 Å². The van der Waals surface area contributed by atoms with Crippen molar-refractivity contribution in [2.24, 2.45) is 0 Å². The van der Waals surface area contributed by atoms with Crippen molar-refractivity contribution in [1.29, 1.82) is 0 Å². The summed E-state index contributed by atoms with van der Waals surface area (Å²) in [5, 5.41) is 7.52. The monoisotopic (exact) mass is 784 g/mol. The van der Waals surface area contributed by atoms with Crippen molar-refractivity contribution >= 4 is 35.3 Å². The Hall–Kier alpha value is -1.92. The lowest BCUT2D eigenvalue weighted by molar-refractivity contribution is -0.887. The molecule has 2 saturated heterocycles. The van der Waals surface area contributed by atoms with Crippen molar-refractivity contribution in [3.8, 4) is 0 Å². The van der Waals surface area contributed by atoms with Crippen LogP contribution in [-0.4, -0.2) is 109 Å². The maximum atomic E-state index is 15.0. The van der Waals surface area contributed by atoms with Crippen LogP contribution in [0, 0.1) is 0 Å². The summed E-state index contributed by atoms with van der Waals surface area (Å²) in [7, 11) is 0. The van der Waals surface area contributed by atoms with Crippen molar-refractivity contribution in [3.05, 3.63) is 5.28 Å². The Labute approximate surface area is 337 Å². The van der Waals surface area contributed by atoms with E-state index in [0.29, 0.717) is 34.2 Å². The average Bonchev–Trinajstić information content (AvgIpc) is 3.17. The first-order chi connectivity index (χ1) is 26.2. The van der Waals surface area contributed by atoms with Crippen LogP contribution >= 0.6 is 11.6 Å². The van der Waals surface area contributed by atoms with Crippen LogP contribution in [0.15, 0.2) is 0 Å². The molecular formula is C43H74ClN9O2+2. The summed E-state index contributed by atoms with van der Waals surface area (Å²) in [6.45, 7) is 15.5. The third kappa shape index (κ3) is 8.48.